The van der Waals surface area contributed by atoms with Crippen molar-refractivity contribution in [3.8, 4) is 16.9 Å². The van der Waals surface area contributed by atoms with Gasteiger partial charge in [-0.05, 0) is 68.9 Å². The summed E-state index contributed by atoms with van der Waals surface area (Å²) in [5.74, 6) is 0.574. The summed E-state index contributed by atoms with van der Waals surface area (Å²) in [4.78, 5) is 12.8. The Labute approximate surface area is 207 Å². The van der Waals surface area contributed by atoms with E-state index < -0.39 is 0 Å². The molecule has 0 aliphatic carbocycles. The Balaban J connectivity index is 1.57. The molecule has 4 heteroatoms. The Morgan fingerprint density at radius 1 is 1.06 bits per heavy atom. The van der Waals surface area contributed by atoms with Crippen LogP contribution in [-0.4, -0.2) is 19.1 Å². The molecule has 0 spiro atoms. The summed E-state index contributed by atoms with van der Waals surface area (Å²) >= 11 is 0. The number of furan rings is 1. The topological polar surface area (TPSA) is 51.5 Å². The second-order valence-corrected chi connectivity index (χ2v) is 9.28. The number of methoxy groups -OCH3 is 1. The molecule has 3 aromatic carbocycles. The first-order chi connectivity index (χ1) is 16.9. The Kier molecular flexibility index (Phi) is 7.40. The predicted octanol–water partition coefficient (Wildman–Crippen LogP) is 7.27. The third-order valence-electron chi connectivity index (χ3n) is 6.44. The number of hydrogen-bond acceptors (Lipinski definition) is 3. The number of ether oxygens (including phenoxy) is 1. The van der Waals surface area contributed by atoms with E-state index in [9.17, 15) is 4.79 Å². The van der Waals surface area contributed by atoms with Crippen LogP contribution in [0.15, 0.2) is 77.4 Å². The maximum Gasteiger partial charge on any atom is 0.244 e. The highest BCUT2D eigenvalue weighted by molar-refractivity contribution is 6.00. The van der Waals surface area contributed by atoms with E-state index in [2.05, 4.69) is 55.6 Å². The number of carbonyl (C=O) groups excluding carboxylic acids is 1. The molecule has 0 aliphatic rings. The van der Waals surface area contributed by atoms with E-state index in [0.29, 0.717) is 5.75 Å². The van der Waals surface area contributed by atoms with Crippen LogP contribution >= 0.6 is 0 Å². The lowest BCUT2D eigenvalue weighted by atomic mass is 9.96. The van der Waals surface area contributed by atoms with E-state index in [1.807, 2.05) is 38.1 Å². The van der Waals surface area contributed by atoms with Crippen molar-refractivity contribution in [3.63, 3.8) is 0 Å². The Morgan fingerprint density at radius 3 is 2.54 bits per heavy atom. The highest BCUT2D eigenvalue weighted by Gasteiger charge is 2.16. The lowest BCUT2D eigenvalue weighted by Crippen LogP contribution is -2.31. The number of benzene rings is 3. The van der Waals surface area contributed by atoms with E-state index in [-0.39, 0.29) is 11.9 Å². The fourth-order valence-electron chi connectivity index (χ4n) is 4.52. The molecule has 4 nitrogen and oxygen atoms in total. The van der Waals surface area contributed by atoms with Gasteiger partial charge >= 0.3 is 0 Å². The zero-order valence-corrected chi connectivity index (χ0v) is 21.1. The van der Waals surface area contributed by atoms with Crippen molar-refractivity contribution in [2.45, 2.75) is 46.6 Å². The van der Waals surface area contributed by atoms with Gasteiger partial charge in [0.1, 0.15) is 11.3 Å². The minimum atomic E-state index is -0.105. The average Bonchev–Trinajstić information content (AvgIpc) is 3.25. The number of hydrogen-bond donors (Lipinski definition) is 1. The molecule has 0 aliphatic heterocycles. The van der Waals surface area contributed by atoms with Gasteiger partial charge in [-0.1, -0.05) is 54.1 Å². The molecule has 4 rings (SSSR count). The lowest BCUT2D eigenvalue weighted by Gasteiger charge is -2.14. The van der Waals surface area contributed by atoms with Crippen molar-refractivity contribution in [3.05, 3.63) is 95.3 Å². The van der Waals surface area contributed by atoms with Gasteiger partial charge < -0.3 is 14.5 Å². The molecule has 4 aromatic rings. The molecule has 1 heterocycles. The standard InChI is InChI=1S/C31H33NO3/c1-20-11-14-25(21(2)15-20)28-19-35-30-18-29(34-5)26(17-27(28)30)22(3)16-31(33)32-23(4)12-13-24-9-7-6-8-10-24/h6-11,14-19,23H,12-13H2,1-5H3,(H,32,33)/b22-16+. The minimum Gasteiger partial charge on any atom is -0.496 e. The summed E-state index contributed by atoms with van der Waals surface area (Å²) in [6.07, 6.45) is 5.26. The highest BCUT2D eigenvalue weighted by Crippen LogP contribution is 2.38. The molecule has 0 fully saturated rings. The molecule has 1 amide bonds. The summed E-state index contributed by atoms with van der Waals surface area (Å²) < 4.78 is 11.5. The van der Waals surface area contributed by atoms with Crippen molar-refractivity contribution >= 4 is 22.4 Å². The van der Waals surface area contributed by atoms with Crippen molar-refractivity contribution < 1.29 is 13.9 Å². The van der Waals surface area contributed by atoms with Crippen LogP contribution in [0.25, 0.3) is 27.7 Å². The monoisotopic (exact) mass is 467 g/mol. The second-order valence-electron chi connectivity index (χ2n) is 9.28. The fourth-order valence-corrected chi connectivity index (χ4v) is 4.52. The maximum absolute atomic E-state index is 12.8. The molecule has 1 aromatic heterocycles. The average molecular weight is 468 g/mol. The van der Waals surface area contributed by atoms with Gasteiger partial charge in [0.25, 0.3) is 0 Å². The fraction of sp³-hybridized carbons (Fsp3) is 0.258. The van der Waals surface area contributed by atoms with Gasteiger partial charge in [-0.3, -0.25) is 4.79 Å². The zero-order valence-electron chi connectivity index (χ0n) is 21.1. The molecule has 180 valence electrons. The molecule has 0 saturated heterocycles. The number of allylic oxidation sites excluding steroid dienone is 1. The molecule has 35 heavy (non-hydrogen) atoms. The number of amides is 1. The van der Waals surface area contributed by atoms with Crippen LogP contribution < -0.4 is 10.1 Å². The van der Waals surface area contributed by atoms with Crippen LogP contribution in [0.5, 0.6) is 5.75 Å². The SMILES string of the molecule is COc1cc2occ(-c3ccc(C)cc3C)c2cc1/C(C)=C/C(=O)NC(C)CCc1ccccc1. The third kappa shape index (κ3) is 5.65. The first-order valence-corrected chi connectivity index (χ1v) is 12.1. The molecule has 1 N–H and O–H groups in total. The highest BCUT2D eigenvalue weighted by atomic mass is 16.5. The van der Waals surface area contributed by atoms with Crippen LogP contribution in [0.1, 0.15) is 42.5 Å². The maximum atomic E-state index is 12.8. The molecule has 1 atom stereocenters. The molecule has 0 radical (unpaired) electrons. The molecular formula is C31H33NO3. The summed E-state index contributed by atoms with van der Waals surface area (Å²) in [6, 6.07) is 20.8. The molecule has 0 saturated carbocycles. The number of nitrogens with one attached hydrogen (secondary N) is 1. The lowest BCUT2D eigenvalue weighted by molar-refractivity contribution is -0.117. The normalized spacial score (nSPS) is 12.5. The quantitative estimate of drug-likeness (QED) is 0.277. The zero-order chi connectivity index (χ0) is 24.9. The van der Waals surface area contributed by atoms with Crippen molar-refractivity contribution in [1.82, 2.24) is 5.32 Å². The molecule has 0 bridgehead atoms. The van der Waals surface area contributed by atoms with Gasteiger partial charge in [-0.15, -0.1) is 0 Å². The smallest absolute Gasteiger partial charge is 0.244 e. The largest absolute Gasteiger partial charge is 0.496 e. The molecule has 1 unspecified atom stereocenters. The summed E-state index contributed by atoms with van der Waals surface area (Å²) in [5.41, 5.74) is 8.34. The molecular weight excluding hydrogens is 434 g/mol. The van der Waals surface area contributed by atoms with Crippen molar-refractivity contribution in [1.29, 1.82) is 0 Å². The number of fused-ring (bicyclic) bond motifs is 1. The summed E-state index contributed by atoms with van der Waals surface area (Å²) in [6.45, 7) is 8.18. The van der Waals surface area contributed by atoms with Crippen LogP contribution in [0.3, 0.4) is 0 Å². The van der Waals surface area contributed by atoms with Crippen LogP contribution in [0.2, 0.25) is 0 Å². The van der Waals surface area contributed by atoms with Crippen LogP contribution in [-0.2, 0) is 11.2 Å². The van der Waals surface area contributed by atoms with Gasteiger partial charge in [-0.2, -0.15) is 0 Å². The first kappa shape index (κ1) is 24.3. The van der Waals surface area contributed by atoms with Gasteiger partial charge in [0.05, 0.1) is 13.4 Å². The van der Waals surface area contributed by atoms with Gasteiger partial charge in [0.15, 0.2) is 0 Å². The van der Waals surface area contributed by atoms with Crippen molar-refractivity contribution in [2.75, 3.05) is 7.11 Å². The second kappa shape index (κ2) is 10.6. The number of carbonyl (C=O) groups is 1. The minimum absolute atomic E-state index is 0.0705. The van der Waals surface area contributed by atoms with E-state index in [1.54, 1.807) is 19.4 Å². The van der Waals surface area contributed by atoms with Gasteiger partial charge in [-0.25, -0.2) is 0 Å². The van der Waals surface area contributed by atoms with Gasteiger partial charge in [0.2, 0.25) is 5.91 Å². The third-order valence-corrected chi connectivity index (χ3v) is 6.44. The Bertz CT molecular complexity index is 1370. The van der Waals surface area contributed by atoms with E-state index in [1.165, 1.54) is 16.7 Å². The van der Waals surface area contributed by atoms with E-state index in [0.717, 1.165) is 46.1 Å². The summed E-state index contributed by atoms with van der Waals surface area (Å²) in [5, 5.41) is 4.09. The van der Waals surface area contributed by atoms with Crippen LogP contribution in [0, 0.1) is 13.8 Å². The van der Waals surface area contributed by atoms with E-state index in [4.69, 9.17) is 9.15 Å². The van der Waals surface area contributed by atoms with Crippen LogP contribution in [0.4, 0.5) is 0 Å². The Morgan fingerprint density at radius 2 is 1.83 bits per heavy atom. The van der Waals surface area contributed by atoms with Gasteiger partial charge in [0, 0.05) is 34.7 Å². The first-order valence-electron chi connectivity index (χ1n) is 12.1. The number of aryl methyl sites for hydroxylation is 3. The predicted molar refractivity (Wildman–Crippen MR) is 144 cm³/mol. The number of rotatable bonds is 8. The summed E-state index contributed by atoms with van der Waals surface area (Å²) in [7, 11) is 1.64. The van der Waals surface area contributed by atoms with E-state index >= 15 is 0 Å². The Hall–Kier alpha value is -3.79. The van der Waals surface area contributed by atoms with Crippen molar-refractivity contribution in [2.24, 2.45) is 0 Å².